The van der Waals surface area contributed by atoms with Crippen molar-refractivity contribution in [2.24, 2.45) is 0 Å². The Morgan fingerprint density at radius 3 is 2.07 bits per heavy atom. The SMILES string of the molecule is CCOC(=O)c1c(O)nc2ccccn2c1=O.CCOC(=O)c1c(O)nc2n(c1=O)CCN(C(=O)OC(C)(C)C)C2. The summed E-state index contributed by atoms with van der Waals surface area (Å²) in [5, 5.41) is 19.5. The molecule has 0 aliphatic carbocycles. The molecule has 0 saturated carbocycles. The molecule has 3 aromatic heterocycles. The van der Waals surface area contributed by atoms with Gasteiger partial charge < -0.3 is 24.4 Å². The zero-order chi connectivity index (χ0) is 30.5. The van der Waals surface area contributed by atoms with Gasteiger partial charge in [-0.05, 0) is 46.8 Å². The molecule has 0 spiro atoms. The van der Waals surface area contributed by atoms with Gasteiger partial charge in [-0.2, -0.15) is 9.97 Å². The number of amides is 1. The largest absolute Gasteiger partial charge is 0.492 e. The minimum atomic E-state index is -0.919. The number of hydrogen-bond donors (Lipinski definition) is 2. The van der Waals surface area contributed by atoms with E-state index in [-0.39, 0.29) is 44.3 Å². The number of pyridine rings is 1. The molecule has 41 heavy (non-hydrogen) atoms. The maximum Gasteiger partial charge on any atom is 0.410 e. The minimum absolute atomic E-state index is 0.000812. The van der Waals surface area contributed by atoms with E-state index in [9.17, 15) is 34.2 Å². The third-order valence-corrected chi connectivity index (χ3v) is 5.48. The number of carbonyl (C=O) groups is 3. The van der Waals surface area contributed by atoms with E-state index in [1.807, 2.05) is 0 Å². The van der Waals surface area contributed by atoms with Crippen molar-refractivity contribution in [2.45, 2.75) is 53.3 Å². The standard InChI is InChI=1S/C15H21N3O6.C11H10N2O4/c1-5-23-13(21)10-11(19)16-9-8-17(6-7-18(9)12(10)20)14(22)24-15(2,3)4;1-2-17-11(16)8-9(14)12-7-5-3-4-6-13(7)10(8)15/h19H,5-8H2,1-4H3;3-6,14H,2H2,1H3. The molecule has 0 unspecified atom stereocenters. The Labute approximate surface area is 233 Å². The van der Waals surface area contributed by atoms with Gasteiger partial charge in [-0.25, -0.2) is 14.4 Å². The Morgan fingerprint density at radius 2 is 1.49 bits per heavy atom. The molecule has 1 amide bonds. The number of esters is 2. The van der Waals surface area contributed by atoms with Crippen LogP contribution in [0.3, 0.4) is 0 Å². The lowest BCUT2D eigenvalue weighted by Gasteiger charge is -2.31. The minimum Gasteiger partial charge on any atom is -0.492 e. The van der Waals surface area contributed by atoms with Crippen molar-refractivity contribution >= 4 is 23.7 Å². The Hall–Kier alpha value is -4.95. The van der Waals surface area contributed by atoms with Crippen molar-refractivity contribution in [3.63, 3.8) is 0 Å². The van der Waals surface area contributed by atoms with Crippen LogP contribution >= 0.6 is 0 Å². The summed E-state index contributed by atoms with van der Waals surface area (Å²) in [6.45, 7) is 9.04. The molecule has 1 aliphatic heterocycles. The van der Waals surface area contributed by atoms with Crippen LogP contribution in [0.15, 0.2) is 34.0 Å². The van der Waals surface area contributed by atoms with E-state index < -0.39 is 57.6 Å². The number of rotatable bonds is 4. The first-order valence-corrected chi connectivity index (χ1v) is 12.6. The van der Waals surface area contributed by atoms with Crippen LogP contribution < -0.4 is 11.1 Å². The number of carbonyl (C=O) groups excluding carboxylic acids is 3. The predicted molar refractivity (Wildman–Crippen MR) is 142 cm³/mol. The number of fused-ring (bicyclic) bond motifs is 2. The Kier molecular flexibility index (Phi) is 9.32. The van der Waals surface area contributed by atoms with Gasteiger partial charge in [0, 0.05) is 19.3 Å². The predicted octanol–water partition coefficient (Wildman–Crippen LogP) is 1.45. The third kappa shape index (κ3) is 6.98. The van der Waals surface area contributed by atoms with E-state index in [0.717, 1.165) is 0 Å². The molecular weight excluding hydrogens is 542 g/mol. The second kappa shape index (κ2) is 12.5. The van der Waals surface area contributed by atoms with Gasteiger partial charge in [-0.3, -0.25) is 23.5 Å². The van der Waals surface area contributed by atoms with Crippen molar-refractivity contribution in [1.29, 1.82) is 0 Å². The zero-order valence-electron chi connectivity index (χ0n) is 23.2. The molecule has 15 heteroatoms. The van der Waals surface area contributed by atoms with Gasteiger partial charge in [-0.15, -0.1) is 0 Å². The number of aromatic hydroxyl groups is 2. The normalized spacial score (nSPS) is 12.6. The van der Waals surface area contributed by atoms with Gasteiger partial charge in [0.05, 0.1) is 19.8 Å². The third-order valence-electron chi connectivity index (χ3n) is 5.48. The van der Waals surface area contributed by atoms with Crippen LogP contribution in [0.2, 0.25) is 0 Å². The van der Waals surface area contributed by atoms with Crippen molar-refractivity contribution < 1.29 is 38.8 Å². The maximum absolute atomic E-state index is 12.4. The monoisotopic (exact) mass is 573 g/mol. The number of nitrogens with zero attached hydrogens (tertiary/aromatic N) is 5. The van der Waals surface area contributed by atoms with Gasteiger partial charge in [0.25, 0.3) is 11.1 Å². The van der Waals surface area contributed by atoms with Crippen molar-refractivity contribution in [1.82, 2.24) is 23.8 Å². The second-order valence-corrected chi connectivity index (χ2v) is 9.57. The molecule has 0 aromatic carbocycles. The fourth-order valence-electron chi connectivity index (χ4n) is 3.73. The van der Waals surface area contributed by atoms with E-state index in [1.165, 1.54) is 20.1 Å². The van der Waals surface area contributed by atoms with E-state index in [4.69, 9.17) is 9.47 Å². The van der Waals surface area contributed by atoms with Crippen LogP contribution in [-0.2, 0) is 27.3 Å². The smallest absolute Gasteiger partial charge is 0.410 e. The first-order valence-electron chi connectivity index (χ1n) is 12.6. The molecule has 0 radical (unpaired) electrons. The van der Waals surface area contributed by atoms with Crippen LogP contribution in [0.1, 0.15) is 61.2 Å². The van der Waals surface area contributed by atoms with E-state index >= 15 is 0 Å². The van der Waals surface area contributed by atoms with E-state index in [2.05, 4.69) is 14.7 Å². The van der Waals surface area contributed by atoms with Crippen molar-refractivity contribution in [3.8, 4) is 11.8 Å². The fourth-order valence-corrected chi connectivity index (χ4v) is 3.73. The Morgan fingerprint density at radius 1 is 0.902 bits per heavy atom. The van der Waals surface area contributed by atoms with Crippen LogP contribution in [0, 0.1) is 0 Å². The summed E-state index contributed by atoms with van der Waals surface area (Å²) in [6, 6.07) is 4.85. The summed E-state index contributed by atoms with van der Waals surface area (Å²) in [6.07, 6.45) is 0.935. The van der Waals surface area contributed by atoms with Gasteiger partial charge in [0.15, 0.2) is 11.1 Å². The quantitative estimate of drug-likeness (QED) is 0.338. The fraction of sp³-hybridized carbons (Fsp3) is 0.423. The highest BCUT2D eigenvalue weighted by molar-refractivity contribution is 5.92. The Balaban J connectivity index is 0.000000239. The van der Waals surface area contributed by atoms with Crippen LogP contribution in [0.4, 0.5) is 4.79 Å². The average Bonchev–Trinajstić information content (AvgIpc) is 2.88. The molecular formula is C26H31N5O10. The number of ether oxygens (including phenoxy) is 3. The first kappa shape index (κ1) is 30.6. The van der Waals surface area contributed by atoms with Crippen LogP contribution in [-0.4, -0.2) is 77.4 Å². The molecule has 0 fully saturated rings. The highest BCUT2D eigenvalue weighted by atomic mass is 16.6. The van der Waals surface area contributed by atoms with Gasteiger partial charge in [-0.1, -0.05) is 6.07 Å². The molecule has 220 valence electrons. The average molecular weight is 574 g/mol. The maximum atomic E-state index is 12.4. The van der Waals surface area contributed by atoms with Gasteiger partial charge >= 0.3 is 18.0 Å². The molecule has 0 saturated heterocycles. The number of hydrogen-bond acceptors (Lipinski definition) is 12. The zero-order valence-corrected chi connectivity index (χ0v) is 23.2. The lowest BCUT2D eigenvalue weighted by molar-refractivity contribution is 0.0188. The summed E-state index contributed by atoms with van der Waals surface area (Å²) in [5.74, 6) is -2.92. The molecule has 4 heterocycles. The van der Waals surface area contributed by atoms with Gasteiger partial charge in [0.1, 0.15) is 17.1 Å². The van der Waals surface area contributed by atoms with E-state index in [0.29, 0.717) is 0 Å². The lowest BCUT2D eigenvalue weighted by atomic mass is 10.2. The van der Waals surface area contributed by atoms with Crippen LogP contribution in [0.25, 0.3) is 5.65 Å². The summed E-state index contributed by atoms with van der Waals surface area (Å²) >= 11 is 0. The summed E-state index contributed by atoms with van der Waals surface area (Å²) < 4.78 is 17.2. The molecule has 4 rings (SSSR count). The Bertz CT molecular complexity index is 1590. The summed E-state index contributed by atoms with van der Waals surface area (Å²) in [5.41, 5.74) is -2.64. The highest BCUT2D eigenvalue weighted by Gasteiger charge is 2.30. The van der Waals surface area contributed by atoms with E-state index in [1.54, 1.807) is 52.8 Å². The number of aromatic nitrogens is 4. The first-order chi connectivity index (χ1) is 19.3. The molecule has 2 N–H and O–H groups in total. The molecule has 3 aromatic rings. The van der Waals surface area contributed by atoms with Crippen molar-refractivity contribution in [3.05, 3.63) is 62.1 Å². The molecule has 1 aliphatic rings. The summed E-state index contributed by atoms with van der Waals surface area (Å²) in [4.78, 5) is 68.7. The van der Waals surface area contributed by atoms with Crippen LogP contribution in [0.5, 0.6) is 11.8 Å². The summed E-state index contributed by atoms with van der Waals surface area (Å²) in [7, 11) is 0. The van der Waals surface area contributed by atoms with Gasteiger partial charge in [0.2, 0.25) is 11.8 Å². The molecule has 0 bridgehead atoms. The topological polar surface area (TPSA) is 192 Å². The molecule has 0 atom stereocenters. The lowest BCUT2D eigenvalue weighted by Crippen LogP contribution is -2.45. The molecule has 15 nitrogen and oxygen atoms in total. The second-order valence-electron chi connectivity index (χ2n) is 9.57. The van der Waals surface area contributed by atoms with Crippen molar-refractivity contribution in [2.75, 3.05) is 19.8 Å². The highest BCUT2D eigenvalue weighted by Crippen LogP contribution is 2.18.